The molecule has 28 heavy (non-hydrogen) atoms. The number of benzene rings is 1. The molecule has 1 aliphatic carbocycles. The Balaban J connectivity index is 2.61. The molecular formula is C21H28O7. The number of aromatic hydroxyl groups is 1. The topological polar surface area (TPSA) is 110 Å². The van der Waals surface area contributed by atoms with Gasteiger partial charge in [0.25, 0.3) is 0 Å². The highest BCUT2D eigenvalue weighted by atomic mass is 16.5. The minimum Gasteiger partial charge on any atom is -0.508 e. The second-order valence-electron chi connectivity index (χ2n) is 8.05. The van der Waals surface area contributed by atoms with E-state index in [-0.39, 0.29) is 12.2 Å². The number of phenolic OH excluding ortho intramolecular Hbond substituents is 1. The van der Waals surface area contributed by atoms with E-state index >= 15 is 0 Å². The van der Waals surface area contributed by atoms with E-state index in [1.165, 1.54) is 19.1 Å². The van der Waals surface area contributed by atoms with Crippen LogP contribution in [0.25, 0.3) is 0 Å². The van der Waals surface area contributed by atoms with Crippen LogP contribution in [0.1, 0.15) is 52.5 Å². The highest BCUT2D eigenvalue weighted by Crippen LogP contribution is 2.47. The SMILES string of the molecule is CC(C)OC(=O)[C@@H]1C(=O)C[C@](C)(O)[C@@H](C(=O)OC(C)C)[C@@H]1c1cccc(O)c1. The summed E-state index contributed by atoms with van der Waals surface area (Å²) in [6, 6.07) is 5.97. The van der Waals surface area contributed by atoms with Crippen molar-refractivity contribution in [2.75, 3.05) is 0 Å². The first-order valence-electron chi connectivity index (χ1n) is 9.39. The summed E-state index contributed by atoms with van der Waals surface area (Å²) >= 11 is 0. The Kier molecular flexibility index (Phi) is 6.49. The lowest BCUT2D eigenvalue weighted by molar-refractivity contribution is -0.176. The summed E-state index contributed by atoms with van der Waals surface area (Å²) in [6.45, 7) is 8.06. The van der Waals surface area contributed by atoms with Gasteiger partial charge in [0.05, 0.1) is 23.7 Å². The molecule has 0 saturated heterocycles. The second-order valence-corrected chi connectivity index (χ2v) is 8.05. The van der Waals surface area contributed by atoms with Gasteiger partial charge in [-0.25, -0.2) is 0 Å². The number of rotatable bonds is 5. The van der Waals surface area contributed by atoms with Gasteiger partial charge in [0.2, 0.25) is 0 Å². The first-order chi connectivity index (χ1) is 12.9. The number of phenols is 1. The maximum Gasteiger partial charge on any atom is 0.317 e. The number of ketones is 1. The molecule has 154 valence electrons. The van der Waals surface area contributed by atoms with Crippen molar-refractivity contribution in [3.8, 4) is 5.75 Å². The molecule has 1 aliphatic rings. The summed E-state index contributed by atoms with van der Waals surface area (Å²) in [6.07, 6.45) is -1.27. The monoisotopic (exact) mass is 392 g/mol. The van der Waals surface area contributed by atoms with E-state index in [4.69, 9.17) is 9.47 Å². The molecule has 2 rings (SSSR count). The molecule has 4 atom stereocenters. The van der Waals surface area contributed by atoms with E-state index in [9.17, 15) is 24.6 Å². The van der Waals surface area contributed by atoms with Crippen molar-refractivity contribution in [2.45, 2.75) is 64.8 Å². The van der Waals surface area contributed by atoms with Crippen molar-refractivity contribution in [1.82, 2.24) is 0 Å². The van der Waals surface area contributed by atoms with Gasteiger partial charge in [-0.1, -0.05) is 12.1 Å². The average Bonchev–Trinajstić information content (AvgIpc) is 2.51. The Hall–Kier alpha value is -2.41. The molecule has 0 aromatic heterocycles. The highest BCUT2D eigenvalue weighted by Gasteiger charge is 2.57. The molecule has 0 radical (unpaired) electrons. The lowest BCUT2D eigenvalue weighted by atomic mass is 9.61. The molecular weight excluding hydrogens is 364 g/mol. The van der Waals surface area contributed by atoms with Gasteiger partial charge in [-0.3, -0.25) is 14.4 Å². The average molecular weight is 392 g/mol. The zero-order chi connectivity index (χ0) is 21.2. The van der Waals surface area contributed by atoms with Crippen LogP contribution in [0.4, 0.5) is 0 Å². The zero-order valence-corrected chi connectivity index (χ0v) is 16.8. The van der Waals surface area contributed by atoms with Crippen molar-refractivity contribution >= 4 is 17.7 Å². The molecule has 0 bridgehead atoms. The van der Waals surface area contributed by atoms with E-state index < -0.39 is 53.3 Å². The Labute approximate surface area is 164 Å². The lowest BCUT2D eigenvalue weighted by Crippen LogP contribution is -2.55. The molecule has 0 aliphatic heterocycles. The Morgan fingerprint density at radius 2 is 1.68 bits per heavy atom. The molecule has 7 heteroatoms. The van der Waals surface area contributed by atoms with E-state index in [2.05, 4.69) is 0 Å². The predicted octanol–water partition coefficient (Wildman–Crippen LogP) is 2.34. The molecule has 7 nitrogen and oxygen atoms in total. The fourth-order valence-electron chi connectivity index (χ4n) is 3.76. The van der Waals surface area contributed by atoms with Crippen LogP contribution < -0.4 is 0 Å². The number of Topliss-reactive ketones (excluding diaryl/α,β-unsaturated/α-hetero) is 1. The molecule has 1 aromatic rings. The summed E-state index contributed by atoms with van der Waals surface area (Å²) < 4.78 is 10.6. The Morgan fingerprint density at radius 3 is 2.21 bits per heavy atom. The molecule has 0 heterocycles. The number of hydrogen-bond acceptors (Lipinski definition) is 7. The van der Waals surface area contributed by atoms with Crippen molar-refractivity contribution in [3.63, 3.8) is 0 Å². The summed E-state index contributed by atoms with van der Waals surface area (Å²) in [5.74, 6) is -5.55. The van der Waals surface area contributed by atoms with Crippen LogP contribution in [0.3, 0.4) is 0 Å². The van der Waals surface area contributed by atoms with Gasteiger partial charge in [-0.05, 0) is 52.3 Å². The van der Waals surface area contributed by atoms with Gasteiger partial charge < -0.3 is 19.7 Å². The number of aliphatic hydroxyl groups is 1. The van der Waals surface area contributed by atoms with Gasteiger partial charge in [0.1, 0.15) is 11.7 Å². The molecule has 2 N–H and O–H groups in total. The van der Waals surface area contributed by atoms with Crippen molar-refractivity contribution in [2.24, 2.45) is 11.8 Å². The Morgan fingerprint density at radius 1 is 1.11 bits per heavy atom. The quantitative estimate of drug-likeness (QED) is 0.584. The second kappa shape index (κ2) is 8.31. The van der Waals surface area contributed by atoms with Crippen molar-refractivity contribution < 1.29 is 34.1 Å². The minimum atomic E-state index is -1.71. The molecule has 1 fully saturated rings. The summed E-state index contributed by atoms with van der Waals surface area (Å²) in [5.41, 5.74) is -1.34. The summed E-state index contributed by atoms with van der Waals surface area (Å²) in [5, 5.41) is 20.8. The van der Waals surface area contributed by atoms with Crippen LogP contribution in [-0.2, 0) is 23.9 Å². The predicted molar refractivity (Wildman–Crippen MR) is 101 cm³/mol. The van der Waals surface area contributed by atoms with Crippen LogP contribution in [0.5, 0.6) is 5.75 Å². The number of hydrogen-bond donors (Lipinski definition) is 2. The minimum absolute atomic E-state index is 0.0814. The smallest absolute Gasteiger partial charge is 0.317 e. The van der Waals surface area contributed by atoms with E-state index in [1.807, 2.05) is 0 Å². The third-order valence-electron chi connectivity index (χ3n) is 4.73. The van der Waals surface area contributed by atoms with Gasteiger partial charge >= 0.3 is 11.9 Å². The fraction of sp³-hybridized carbons (Fsp3) is 0.571. The Bertz CT molecular complexity index is 743. The van der Waals surface area contributed by atoms with Gasteiger partial charge in [-0.2, -0.15) is 0 Å². The molecule has 0 amide bonds. The van der Waals surface area contributed by atoms with Crippen LogP contribution in [0, 0.1) is 11.8 Å². The van der Waals surface area contributed by atoms with Crippen LogP contribution in [0.2, 0.25) is 0 Å². The normalized spacial score (nSPS) is 27.7. The van der Waals surface area contributed by atoms with Crippen LogP contribution in [-0.4, -0.2) is 45.7 Å². The number of carbonyl (C=O) groups excluding carboxylic acids is 3. The zero-order valence-electron chi connectivity index (χ0n) is 16.8. The largest absolute Gasteiger partial charge is 0.508 e. The van der Waals surface area contributed by atoms with Crippen LogP contribution in [0.15, 0.2) is 24.3 Å². The fourth-order valence-corrected chi connectivity index (χ4v) is 3.76. The maximum atomic E-state index is 12.9. The maximum absolute atomic E-state index is 12.9. The first-order valence-corrected chi connectivity index (χ1v) is 9.39. The molecule has 1 saturated carbocycles. The van der Waals surface area contributed by atoms with Crippen molar-refractivity contribution in [1.29, 1.82) is 0 Å². The van der Waals surface area contributed by atoms with Gasteiger partial charge in [0, 0.05) is 12.3 Å². The number of ether oxygens (including phenoxy) is 2. The third kappa shape index (κ3) is 4.70. The summed E-state index contributed by atoms with van der Waals surface area (Å²) in [7, 11) is 0. The molecule has 0 unspecified atom stereocenters. The number of carbonyl (C=O) groups is 3. The summed E-state index contributed by atoms with van der Waals surface area (Å²) in [4.78, 5) is 38.4. The van der Waals surface area contributed by atoms with E-state index in [1.54, 1.807) is 39.8 Å². The first kappa shape index (κ1) is 21.9. The third-order valence-corrected chi connectivity index (χ3v) is 4.73. The van der Waals surface area contributed by atoms with E-state index in [0.717, 1.165) is 0 Å². The molecule has 0 spiro atoms. The van der Waals surface area contributed by atoms with Crippen molar-refractivity contribution in [3.05, 3.63) is 29.8 Å². The van der Waals surface area contributed by atoms with Gasteiger partial charge in [-0.15, -0.1) is 0 Å². The van der Waals surface area contributed by atoms with Gasteiger partial charge in [0.15, 0.2) is 5.78 Å². The van der Waals surface area contributed by atoms with E-state index in [0.29, 0.717) is 5.56 Å². The molecule has 1 aromatic carbocycles. The van der Waals surface area contributed by atoms with Crippen LogP contribution >= 0.6 is 0 Å². The lowest BCUT2D eigenvalue weighted by Gasteiger charge is -2.44. The highest BCUT2D eigenvalue weighted by molar-refractivity contribution is 6.02. The standard InChI is InChI=1S/C21H28O7/c1-11(2)27-19(24)17-15(23)10-21(5,26)18(20(25)28-12(3)4)16(17)13-7-6-8-14(22)9-13/h6-9,11-12,16-18,22,26H,10H2,1-5H3/t16-,17-,18-,21+/m1/s1. The number of esters is 2.